The van der Waals surface area contributed by atoms with Gasteiger partial charge < -0.3 is 9.64 Å². The molecule has 3 rings (SSSR count). The fourth-order valence-electron chi connectivity index (χ4n) is 3.02. The fraction of sp³-hybridized carbons (Fsp3) is 0.421. The normalized spacial score (nSPS) is 19.1. The standard InChI is InChI=1S/C19H24N2O4S2/c1-19(2,3)25-18(22)20-11-12-21(27(23,24)17-10-7-13-26-17)16(14-20)15-8-5-4-6-9-15/h4-10,13,16H,11-12,14H2,1-3H3/t16-/m1/s1. The molecule has 1 aliphatic rings. The first-order chi connectivity index (χ1) is 12.7. The highest BCUT2D eigenvalue weighted by molar-refractivity contribution is 7.91. The van der Waals surface area contributed by atoms with E-state index in [0.29, 0.717) is 10.8 Å². The monoisotopic (exact) mass is 408 g/mol. The zero-order valence-corrected chi connectivity index (χ0v) is 17.3. The summed E-state index contributed by atoms with van der Waals surface area (Å²) in [6.45, 7) is 6.22. The maximum absolute atomic E-state index is 13.1. The lowest BCUT2D eigenvalue weighted by Crippen LogP contribution is -2.53. The Balaban J connectivity index is 1.91. The van der Waals surface area contributed by atoms with E-state index in [1.54, 1.807) is 22.4 Å². The second kappa shape index (κ2) is 7.61. The van der Waals surface area contributed by atoms with Gasteiger partial charge >= 0.3 is 6.09 Å². The Kier molecular flexibility index (Phi) is 5.60. The van der Waals surface area contributed by atoms with Crippen molar-refractivity contribution in [1.29, 1.82) is 0 Å². The zero-order chi connectivity index (χ0) is 19.7. The number of rotatable bonds is 3. The summed E-state index contributed by atoms with van der Waals surface area (Å²) in [4.78, 5) is 14.1. The molecule has 1 atom stereocenters. The van der Waals surface area contributed by atoms with Crippen LogP contribution in [0.25, 0.3) is 0 Å². The molecule has 1 aromatic carbocycles. The van der Waals surface area contributed by atoms with Gasteiger partial charge in [0.05, 0.1) is 6.04 Å². The van der Waals surface area contributed by atoms with Gasteiger partial charge in [0.15, 0.2) is 0 Å². The number of amides is 1. The number of carbonyl (C=O) groups excluding carboxylic acids is 1. The van der Waals surface area contributed by atoms with Crippen LogP contribution in [-0.2, 0) is 14.8 Å². The third-order valence-electron chi connectivity index (χ3n) is 4.23. The van der Waals surface area contributed by atoms with E-state index >= 15 is 0 Å². The summed E-state index contributed by atoms with van der Waals surface area (Å²) >= 11 is 1.20. The molecule has 0 saturated carbocycles. The molecular weight excluding hydrogens is 384 g/mol. The van der Waals surface area contributed by atoms with Crippen LogP contribution in [0.2, 0.25) is 0 Å². The molecule has 8 heteroatoms. The van der Waals surface area contributed by atoms with Gasteiger partial charge in [-0.25, -0.2) is 13.2 Å². The van der Waals surface area contributed by atoms with Crippen LogP contribution in [0.1, 0.15) is 32.4 Å². The predicted octanol–water partition coefficient (Wildman–Crippen LogP) is 3.73. The van der Waals surface area contributed by atoms with Crippen LogP contribution in [-0.4, -0.2) is 49.0 Å². The second-order valence-corrected chi connectivity index (χ2v) is 10.5. The van der Waals surface area contributed by atoms with Crippen LogP contribution < -0.4 is 0 Å². The Morgan fingerprint density at radius 1 is 1.11 bits per heavy atom. The van der Waals surface area contributed by atoms with E-state index in [0.717, 1.165) is 5.56 Å². The first-order valence-corrected chi connectivity index (χ1v) is 11.1. The van der Waals surface area contributed by atoms with Crippen LogP contribution in [0.5, 0.6) is 0 Å². The number of sulfonamides is 1. The third-order valence-corrected chi connectivity index (χ3v) is 7.51. The van der Waals surface area contributed by atoms with Gasteiger partial charge in [0.1, 0.15) is 9.81 Å². The van der Waals surface area contributed by atoms with Crippen LogP contribution in [0.4, 0.5) is 4.79 Å². The summed E-state index contributed by atoms with van der Waals surface area (Å²) in [6, 6.07) is 12.3. The molecule has 0 bridgehead atoms. The number of nitrogens with zero attached hydrogens (tertiary/aromatic N) is 2. The molecule has 1 saturated heterocycles. The molecule has 1 aliphatic heterocycles. The number of benzene rings is 1. The van der Waals surface area contributed by atoms with E-state index < -0.39 is 27.8 Å². The molecule has 1 aromatic heterocycles. The molecule has 1 amide bonds. The molecule has 2 aromatic rings. The molecular formula is C19H24N2O4S2. The topological polar surface area (TPSA) is 66.9 Å². The van der Waals surface area contributed by atoms with Gasteiger partial charge in [-0.1, -0.05) is 36.4 Å². The highest BCUT2D eigenvalue weighted by Crippen LogP contribution is 2.33. The van der Waals surface area contributed by atoms with Crippen molar-refractivity contribution in [2.45, 2.75) is 36.6 Å². The number of hydrogen-bond acceptors (Lipinski definition) is 5. The van der Waals surface area contributed by atoms with Crippen molar-refractivity contribution in [2.24, 2.45) is 0 Å². The molecule has 0 N–H and O–H groups in total. The SMILES string of the molecule is CC(C)(C)OC(=O)N1CCN(S(=O)(=O)c2cccs2)[C@@H](c2ccccc2)C1. The summed E-state index contributed by atoms with van der Waals surface area (Å²) < 4.78 is 33.6. The van der Waals surface area contributed by atoms with Crippen molar-refractivity contribution in [3.05, 3.63) is 53.4 Å². The quantitative estimate of drug-likeness (QED) is 0.776. The minimum atomic E-state index is -3.63. The van der Waals surface area contributed by atoms with E-state index in [2.05, 4.69) is 0 Å². The van der Waals surface area contributed by atoms with Crippen LogP contribution in [0.15, 0.2) is 52.1 Å². The van der Waals surface area contributed by atoms with Gasteiger partial charge in [0, 0.05) is 19.6 Å². The fourth-order valence-corrected chi connectivity index (χ4v) is 5.73. The minimum absolute atomic E-state index is 0.221. The van der Waals surface area contributed by atoms with Gasteiger partial charge in [-0.3, -0.25) is 0 Å². The average molecular weight is 409 g/mol. The Morgan fingerprint density at radius 2 is 1.81 bits per heavy atom. The molecule has 0 radical (unpaired) electrons. The Bertz CT molecular complexity index is 874. The van der Waals surface area contributed by atoms with E-state index in [-0.39, 0.29) is 13.1 Å². The number of carbonyl (C=O) groups is 1. The number of thiophene rings is 1. The largest absolute Gasteiger partial charge is 0.444 e. The van der Waals surface area contributed by atoms with Gasteiger partial charge in [-0.15, -0.1) is 11.3 Å². The van der Waals surface area contributed by atoms with Crippen molar-refractivity contribution in [2.75, 3.05) is 19.6 Å². The van der Waals surface area contributed by atoms with Gasteiger partial charge in [-0.2, -0.15) is 4.31 Å². The molecule has 6 nitrogen and oxygen atoms in total. The summed E-state index contributed by atoms with van der Waals surface area (Å²) in [6.07, 6.45) is -0.420. The molecule has 146 valence electrons. The Hall–Kier alpha value is -1.90. The van der Waals surface area contributed by atoms with Gasteiger partial charge in [0.2, 0.25) is 0 Å². The van der Waals surface area contributed by atoms with Crippen molar-refractivity contribution >= 4 is 27.5 Å². The Morgan fingerprint density at radius 3 is 2.41 bits per heavy atom. The molecule has 0 spiro atoms. The summed E-state index contributed by atoms with van der Waals surface area (Å²) in [7, 11) is -3.63. The molecule has 1 fully saturated rings. The number of ether oxygens (including phenoxy) is 1. The lowest BCUT2D eigenvalue weighted by Gasteiger charge is -2.40. The smallest absolute Gasteiger partial charge is 0.410 e. The van der Waals surface area contributed by atoms with Crippen molar-refractivity contribution < 1.29 is 17.9 Å². The molecule has 0 unspecified atom stereocenters. The molecule has 27 heavy (non-hydrogen) atoms. The van der Waals surface area contributed by atoms with Gasteiger partial charge in [-0.05, 0) is 37.8 Å². The van der Waals surface area contributed by atoms with Crippen LogP contribution in [0, 0.1) is 0 Å². The van der Waals surface area contributed by atoms with Gasteiger partial charge in [0.25, 0.3) is 10.0 Å². The Labute approximate surface area is 164 Å². The summed E-state index contributed by atoms with van der Waals surface area (Å²) in [5.74, 6) is 0. The summed E-state index contributed by atoms with van der Waals surface area (Å²) in [5, 5.41) is 1.75. The van der Waals surface area contributed by atoms with E-state index in [4.69, 9.17) is 4.74 Å². The highest BCUT2D eigenvalue weighted by Gasteiger charge is 2.39. The summed E-state index contributed by atoms with van der Waals surface area (Å²) in [5.41, 5.74) is 0.255. The maximum Gasteiger partial charge on any atom is 0.410 e. The van der Waals surface area contributed by atoms with Crippen LogP contribution >= 0.6 is 11.3 Å². The first kappa shape index (κ1) is 19.9. The van der Waals surface area contributed by atoms with Crippen molar-refractivity contribution in [3.8, 4) is 0 Å². The average Bonchev–Trinajstić information content (AvgIpc) is 3.16. The first-order valence-electron chi connectivity index (χ1n) is 8.77. The van der Waals surface area contributed by atoms with Crippen molar-refractivity contribution in [3.63, 3.8) is 0 Å². The lowest BCUT2D eigenvalue weighted by atomic mass is 10.0. The second-order valence-electron chi connectivity index (χ2n) is 7.40. The van der Waals surface area contributed by atoms with Crippen LogP contribution in [0.3, 0.4) is 0 Å². The lowest BCUT2D eigenvalue weighted by molar-refractivity contribution is 0.0131. The third kappa shape index (κ3) is 4.51. The number of piperazine rings is 1. The van der Waals surface area contributed by atoms with E-state index in [9.17, 15) is 13.2 Å². The highest BCUT2D eigenvalue weighted by atomic mass is 32.2. The van der Waals surface area contributed by atoms with Crippen molar-refractivity contribution in [1.82, 2.24) is 9.21 Å². The number of hydrogen-bond donors (Lipinski definition) is 0. The molecule has 0 aliphatic carbocycles. The van der Waals surface area contributed by atoms with E-state index in [1.165, 1.54) is 15.6 Å². The predicted molar refractivity (Wildman–Crippen MR) is 105 cm³/mol. The molecule has 2 heterocycles. The zero-order valence-electron chi connectivity index (χ0n) is 15.7. The maximum atomic E-state index is 13.1. The van der Waals surface area contributed by atoms with E-state index in [1.807, 2.05) is 51.1 Å². The minimum Gasteiger partial charge on any atom is -0.444 e.